The van der Waals surface area contributed by atoms with Crippen molar-refractivity contribution < 1.29 is 13.2 Å². The van der Waals surface area contributed by atoms with Gasteiger partial charge in [0.25, 0.3) is 0 Å². The zero-order chi connectivity index (χ0) is 19.4. The Balaban J connectivity index is 1.59. The van der Waals surface area contributed by atoms with Crippen molar-refractivity contribution in [2.75, 3.05) is 39.3 Å². The summed E-state index contributed by atoms with van der Waals surface area (Å²) in [7, 11) is -3.46. The van der Waals surface area contributed by atoms with Gasteiger partial charge in [-0.2, -0.15) is 4.31 Å². The zero-order valence-electron chi connectivity index (χ0n) is 16.4. The van der Waals surface area contributed by atoms with Crippen LogP contribution in [0.5, 0.6) is 0 Å². The Morgan fingerprint density at radius 3 is 2.00 bits per heavy atom. The van der Waals surface area contributed by atoms with Gasteiger partial charge in [0.15, 0.2) is 0 Å². The van der Waals surface area contributed by atoms with Crippen molar-refractivity contribution in [3.05, 3.63) is 29.8 Å². The normalized spacial score (nSPS) is 21.6. The maximum atomic E-state index is 12.8. The number of hydrogen-bond acceptors (Lipinski definition) is 4. The number of carbonyl (C=O) groups is 1. The molecule has 1 amide bonds. The van der Waals surface area contributed by atoms with E-state index in [1.807, 2.05) is 30.9 Å². The standard InChI is InChI=1S/C20H31N3O3S/c1-17-7-9-19(10-8-17)27(25,26)23-15-13-21(14-16-23)18(2)20(24)22-11-5-3-4-6-12-22/h7-10,18H,3-6,11-16H2,1-2H3/t18-/m0/s1. The highest BCUT2D eigenvalue weighted by atomic mass is 32.2. The fourth-order valence-electron chi connectivity index (χ4n) is 3.90. The molecule has 1 aromatic rings. The molecule has 150 valence electrons. The number of likely N-dealkylation sites (tertiary alicyclic amines) is 1. The van der Waals surface area contributed by atoms with Crippen molar-refractivity contribution in [2.45, 2.75) is 50.5 Å². The van der Waals surface area contributed by atoms with E-state index in [1.165, 1.54) is 17.1 Å². The van der Waals surface area contributed by atoms with E-state index in [9.17, 15) is 13.2 Å². The van der Waals surface area contributed by atoms with Crippen LogP contribution in [0.3, 0.4) is 0 Å². The summed E-state index contributed by atoms with van der Waals surface area (Å²) in [6, 6.07) is 6.80. The van der Waals surface area contributed by atoms with Crippen LogP contribution in [-0.2, 0) is 14.8 Å². The van der Waals surface area contributed by atoms with Gasteiger partial charge in [0.05, 0.1) is 10.9 Å². The molecule has 0 aliphatic carbocycles. The molecular formula is C20H31N3O3S. The molecule has 2 aliphatic heterocycles. The lowest BCUT2D eigenvalue weighted by Gasteiger charge is -2.38. The van der Waals surface area contributed by atoms with Crippen LogP contribution in [0.2, 0.25) is 0 Å². The van der Waals surface area contributed by atoms with Crippen LogP contribution in [0.25, 0.3) is 0 Å². The van der Waals surface area contributed by atoms with Crippen LogP contribution in [-0.4, -0.2) is 73.7 Å². The monoisotopic (exact) mass is 393 g/mol. The van der Waals surface area contributed by atoms with Crippen LogP contribution >= 0.6 is 0 Å². The topological polar surface area (TPSA) is 60.9 Å². The number of carbonyl (C=O) groups excluding carboxylic acids is 1. The molecule has 0 radical (unpaired) electrons. The summed E-state index contributed by atoms with van der Waals surface area (Å²) < 4.78 is 27.2. The molecule has 1 aromatic carbocycles. The van der Waals surface area contributed by atoms with E-state index in [0.29, 0.717) is 31.1 Å². The number of hydrogen-bond donors (Lipinski definition) is 0. The minimum absolute atomic E-state index is 0.187. The average Bonchev–Trinajstić information content (AvgIpc) is 2.97. The van der Waals surface area contributed by atoms with Crippen molar-refractivity contribution >= 4 is 15.9 Å². The lowest BCUT2D eigenvalue weighted by Crippen LogP contribution is -2.55. The third-order valence-corrected chi connectivity index (χ3v) is 7.67. The van der Waals surface area contributed by atoms with E-state index in [4.69, 9.17) is 0 Å². The Kier molecular flexibility index (Phi) is 6.55. The first-order valence-corrected chi connectivity index (χ1v) is 11.4. The Morgan fingerprint density at radius 2 is 1.44 bits per heavy atom. The summed E-state index contributed by atoms with van der Waals surface area (Å²) in [6.07, 6.45) is 4.57. The third kappa shape index (κ3) is 4.70. The lowest BCUT2D eigenvalue weighted by atomic mass is 10.2. The Morgan fingerprint density at radius 1 is 0.889 bits per heavy atom. The average molecular weight is 394 g/mol. The Labute approximate surface area is 163 Å². The molecule has 0 unspecified atom stereocenters. The Bertz CT molecular complexity index is 732. The fourth-order valence-corrected chi connectivity index (χ4v) is 5.32. The first-order valence-electron chi connectivity index (χ1n) is 9.99. The van der Waals surface area contributed by atoms with Gasteiger partial charge in [-0.05, 0) is 38.8 Å². The molecule has 0 N–H and O–H groups in total. The molecule has 6 nitrogen and oxygen atoms in total. The molecule has 7 heteroatoms. The van der Waals surface area contributed by atoms with Gasteiger partial charge in [0, 0.05) is 39.3 Å². The highest BCUT2D eigenvalue weighted by molar-refractivity contribution is 7.89. The molecule has 0 bridgehead atoms. The van der Waals surface area contributed by atoms with Crippen LogP contribution in [0.4, 0.5) is 0 Å². The maximum Gasteiger partial charge on any atom is 0.243 e. The van der Waals surface area contributed by atoms with E-state index in [-0.39, 0.29) is 11.9 Å². The quantitative estimate of drug-likeness (QED) is 0.786. The van der Waals surface area contributed by atoms with Gasteiger partial charge in [0.2, 0.25) is 15.9 Å². The SMILES string of the molecule is Cc1ccc(S(=O)(=O)N2CCN([C@@H](C)C(=O)N3CCCCCC3)CC2)cc1. The van der Waals surface area contributed by atoms with E-state index >= 15 is 0 Å². The fraction of sp³-hybridized carbons (Fsp3) is 0.650. The molecule has 3 rings (SSSR count). The molecule has 0 spiro atoms. The maximum absolute atomic E-state index is 12.8. The van der Waals surface area contributed by atoms with Crippen molar-refractivity contribution in [2.24, 2.45) is 0 Å². The molecule has 0 aromatic heterocycles. The zero-order valence-corrected chi connectivity index (χ0v) is 17.2. The molecule has 2 heterocycles. The number of benzene rings is 1. The summed E-state index contributed by atoms with van der Waals surface area (Å²) in [4.78, 5) is 17.3. The molecule has 1 atom stereocenters. The number of aryl methyl sites for hydroxylation is 1. The van der Waals surface area contributed by atoms with Gasteiger partial charge in [-0.25, -0.2) is 8.42 Å². The molecule has 27 heavy (non-hydrogen) atoms. The van der Waals surface area contributed by atoms with Gasteiger partial charge in [-0.15, -0.1) is 0 Å². The van der Waals surface area contributed by atoms with E-state index < -0.39 is 10.0 Å². The van der Waals surface area contributed by atoms with Crippen molar-refractivity contribution in [1.29, 1.82) is 0 Å². The molecule has 2 fully saturated rings. The number of rotatable bonds is 4. The predicted octanol–water partition coefficient (Wildman–Crippen LogP) is 2.09. The second-order valence-corrected chi connectivity index (χ2v) is 9.61. The van der Waals surface area contributed by atoms with E-state index in [2.05, 4.69) is 4.90 Å². The van der Waals surface area contributed by atoms with E-state index in [1.54, 1.807) is 12.1 Å². The van der Waals surface area contributed by atoms with Crippen molar-refractivity contribution in [1.82, 2.24) is 14.1 Å². The van der Waals surface area contributed by atoms with Crippen LogP contribution in [0, 0.1) is 6.92 Å². The highest BCUT2D eigenvalue weighted by Crippen LogP contribution is 2.20. The van der Waals surface area contributed by atoms with Crippen LogP contribution in [0.15, 0.2) is 29.2 Å². The van der Waals surface area contributed by atoms with E-state index in [0.717, 1.165) is 31.5 Å². The molecule has 0 saturated carbocycles. The smallest absolute Gasteiger partial charge is 0.243 e. The minimum Gasteiger partial charge on any atom is -0.341 e. The third-order valence-electron chi connectivity index (χ3n) is 5.75. The summed E-state index contributed by atoms with van der Waals surface area (Å²) in [5.74, 6) is 0.187. The largest absolute Gasteiger partial charge is 0.341 e. The second-order valence-electron chi connectivity index (χ2n) is 7.67. The van der Waals surface area contributed by atoms with Gasteiger partial charge < -0.3 is 4.90 Å². The van der Waals surface area contributed by atoms with Crippen molar-refractivity contribution in [3.8, 4) is 0 Å². The van der Waals surface area contributed by atoms with Gasteiger partial charge in [-0.1, -0.05) is 30.5 Å². The first-order chi connectivity index (χ1) is 12.9. The summed E-state index contributed by atoms with van der Waals surface area (Å²) in [5.41, 5.74) is 1.04. The van der Waals surface area contributed by atoms with Gasteiger partial charge in [0.1, 0.15) is 0 Å². The summed E-state index contributed by atoms with van der Waals surface area (Å²) in [6.45, 7) is 7.63. The number of piperazine rings is 1. The van der Waals surface area contributed by atoms with Crippen LogP contribution < -0.4 is 0 Å². The summed E-state index contributed by atoms with van der Waals surface area (Å²) in [5, 5.41) is 0. The first kappa shape index (κ1) is 20.3. The molecule has 2 aliphatic rings. The number of sulfonamides is 1. The summed E-state index contributed by atoms with van der Waals surface area (Å²) >= 11 is 0. The minimum atomic E-state index is -3.46. The molecular weight excluding hydrogens is 362 g/mol. The number of nitrogens with zero attached hydrogens (tertiary/aromatic N) is 3. The second kappa shape index (κ2) is 8.71. The van der Waals surface area contributed by atoms with Crippen LogP contribution in [0.1, 0.15) is 38.2 Å². The Hall–Kier alpha value is -1.44. The van der Waals surface area contributed by atoms with Gasteiger partial charge in [-0.3, -0.25) is 9.69 Å². The lowest BCUT2D eigenvalue weighted by molar-refractivity contribution is -0.136. The highest BCUT2D eigenvalue weighted by Gasteiger charge is 2.33. The predicted molar refractivity (Wildman–Crippen MR) is 106 cm³/mol. The van der Waals surface area contributed by atoms with Crippen molar-refractivity contribution in [3.63, 3.8) is 0 Å². The number of amides is 1. The van der Waals surface area contributed by atoms with Gasteiger partial charge >= 0.3 is 0 Å². The molecule has 2 saturated heterocycles.